The van der Waals surface area contributed by atoms with Crippen LogP contribution in [0.2, 0.25) is 0 Å². The third-order valence-electron chi connectivity index (χ3n) is 5.93. The molecule has 3 unspecified atom stereocenters. The number of imidazole rings is 1. The minimum Gasteiger partial charge on any atom is -0.468 e. The number of nitrogens with one attached hydrogen (secondary N) is 6. The summed E-state index contributed by atoms with van der Waals surface area (Å²) >= 11 is 0. The summed E-state index contributed by atoms with van der Waals surface area (Å²) in [4.78, 5) is 56.8. The number of ether oxygens (including phenoxy) is 1. The summed E-state index contributed by atoms with van der Waals surface area (Å²) in [5.74, 6) is -0.398. The Hall–Kier alpha value is -4.87. The largest absolute Gasteiger partial charge is 0.468 e. The van der Waals surface area contributed by atoms with Gasteiger partial charge in [-0.3, -0.25) is 19.2 Å². The highest BCUT2D eigenvalue weighted by Gasteiger charge is 2.43. The van der Waals surface area contributed by atoms with Crippen molar-refractivity contribution in [2.75, 3.05) is 18.4 Å². The number of H-pyrrole nitrogens is 1. The van der Waals surface area contributed by atoms with Gasteiger partial charge in [0.05, 0.1) is 6.54 Å². The van der Waals surface area contributed by atoms with Crippen molar-refractivity contribution < 1.29 is 23.9 Å². The molecule has 39 heavy (non-hydrogen) atoms. The Balaban J connectivity index is 1.26. The van der Waals surface area contributed by atoms with Crippen molar-refractivity contribution in [1.82, 2.24) is 31.2 Å². The lowest BCUT2D eigenvalue weighted by Gasteiger charge is -2.37. The molecule has 4 rings (SSSR count). The standard InChI is InChI=1S/C27H31N7O5/c35-21(12-7-13-28-22(36)17-31-27-29-14-15-30-27)32-20(16-18-8-3-1-4-9-18)24(37)33-23-25(38)34-26(23)39-19-10-5-2-6-11-19/h1-6,8-11,14-15,20,23,26H,7,12-13,16-17H2,(H,28,36)(H,32,35)(H,33,37)(H,34,38)(H2,29,30,31). The van der Waals surface area contributed by atoms with Crippen LogP contribution in [0.1, 0.15) is 18.4 Å². The number of carbonyl (C=O) groups is 4. The Bertz CT molecular complexity index is 1240. The fourth-order valence-electron chi connectivity index (χ4n) is 3.88. The molecule has 12 nitrogen and oxygen atoms in total. The number of para-hydroxylation sites is 1. The van der Waals surface area contributed by atoms with Crippen LogP contribution in [0.25, 0.3) is 0 Å². The Kier molecular flexibility index (Phi) is 9.48. The van der Waals surface area contributed by atoms with Gasteiger partial charge in [-0.15, -0.1) is 0 Å². The first-order chi connectivity index (χ1) is 19.0. The van der Waals surface area contributed by atoms with Crippen LogP contribution in [0.15, 0.2) is 73.1 Å². The van der Waals surface area contributed by atoms with Crippen molar-refractivity contribution in [2.45, 2.75) is 37.6 Å². The third kappa shape index (κ3) is 8.32. The minimum absolute atomic E-state index is 0.0444. The summed E-state index contributed by atoms with van der Waals surface area (Å²) in [5.41, 5.74) is 0.851. The first kappa shape index (κ1) is 27.2. The fourth-order valence-corrected chi connectivity index (χ4v) is 3.88. The minimum atomic E-state index is -0.905. The van der Waals surface area contributed by atoms with Crippen LogP contribution >= 0.6 is 0 Å². The SMILES string of the molecule is O=C(CNc1ncc[nH]1)NCCCC(=O)NC(Cc1ccccc1)C(=O)NC1C(=O)NC1Oc1ccccc1. The van der Waals surface area contributed by atoms with Gasteiger partial charge in [0.1, 0.15) is 11.8 Å². The molecule has 1 fully saturated rings. The molecule has 1 aliphatic heterocycles. The van der Waals surface area contributed by atoms with E-state index in [2.05, 4.69) is 36.6 Å². The number of aromatic nitrogens is 2. The number of carbonyl (C=O) groups excluding carboxylic acids is 4. The van der Waals surface area contributed by atoms with Gasteiger partial charge in [0, 0.05) is 31.8 Å². The van der Waals surface area contributed by atoms with Gasteiger partial charge in [0.15, 0.2) is 6.04 Å². The molecule has 2 aromatic carbocycles. The van der Waals surface area contributed by atoms with Crippen molar-refractivity contribution in [1.29, 1.82) is 0 Å². The second kappa shape index (κ2) is 13.6. The number of benzene rings is 2. The molecule has 1 saturated heterocycles. The maximum Gasteiger partial charge on any atom is 0.251 e. The van der Waals surface area contributed by atoms with E-state index in [1.165, 1.54) is 0 Å². The number of β-lactam (4-membered cyclic amide) rings is 1. The molecule has 204 valence electrons. The van der Waals surface area contributed by atoms with Crippen LogP contribution in [0.4, 0.5) is 5.95 Å². The smallest absolute Gasteiger partial charge is 0.251 e. The predicted octanol–water partition coefficient (Wildman–Crippen LogP) is 0.465. The molecule has 6 N–H and O–H groups in total. The number of hydrogen-bond donors (Lipinski definition) is 6. The van der Waals surface area contributed by atoms with Crippen LogP contribution in [0, 0.1) is 0 Å². The van der Waals surface area contributed by atoms with E-state index in [0.29, 0.717) is 24.7 Å². The molecule has 3 atom stereocenters. The van der Waals surface area contributed by atoms with Gasteiger partial charge in [-0.2, -0.15) is 0 Å². The van der Waals surface area contributed by atoms with E-state index in [1.807, 2.05) is 36.4 Å². The summed E-state index contributed by atoms with van der Waals surface area (Å²) in [7, 11) is 0. The zero-order valence-corrected chi connectivity index (χ0v) is 21.2. The lowest BCUT2D eigenvalue weighted by Crippen LogP contribution is -2.72. The summed E-state index contributed by atoms with van der Waals surface area (Å²) in [6.45, 7) is 0.338. The quantitative estimate of drug-likeness (QED) is 0.129. The Morgan fingerprint density at radius 2 is 1.74 bits per heavy atom. The van der Waals surface area contributed by atoms with Crippen molar-refractivity contribution in [2.24, 2.45) is 0 Å². The highest BCUT2D eigenvalue weighted by molar-refractivity contribution is 5.95. The first-order valence-electron chi connectivity index (χ1n) is 12.6. The molecule has 4 amide bonds. The van der Waals surface area contributed by atoms with E-state index in [9.17, 15) is 19.2 Å². The van der Waals surface area contributed by atoms with Gasteiger partial charge < -0.3 is 36.3 Å². The van der Waals surface area contributed by atoms with Gasteiger partial charge >= 0.3 is 0 Å². The zero-order valence-electron chi connectivity index (χ0n) is 21.2. The first-order valence-corrected chi connectivity index (χ1v) is 12.6. The monoisotopic (exact) mass is 533 g/mol. The second-order valence-corrected chi connectivity index (χ2v) is 8.90. The Morgan fingerprint density at radius 1 is 1.00 bits per heavy atom. The van der Waals surface area contributed by atoms with Gasteiger partial charge in [-0.25, -0.2) is 4.98 Å². The summed E-state index contributed by atoms with van der Waals surface area (Å²) in [5, 5.41) is 13.7. The van der Waals surface area contributed by atoms with Crippen molar-refractivity contribution in [3.63, 3.8) is 0 Å². The molecule has 2 heterocycles. The number of amides is 4. The molecule has 0 radical (unpaired) electrons. The molecule has 0 bridgehead atoms. The van der Waals surface area contributed by atoms with E-state index in [0.717, 1.165) is 5.56 Å². The van der Waals surface area contributed by atoms with Crippen LogP contribution in [0.3, 0.4) is 0 Å². The van der Waals surface area contributed by atoms with E-state index in [4.69, 9.17) is 4.74 Å². The van der Waals surface area contributed by atoms with Crippen LogP contribution in [-0.4, -0.2) is 65.0 Å². The van der Waals surface area contributed by atoms with Gasteiger partial charge in [-0.1, -0.05) is 48.5 Å². The van der Waals surface area contributed by atoms with Crippen LogP contribution in [0.5, 0.6) is 5.75 Å². The van der Waals surface area contributed by atoms with E-state index in [1.54, 1.807) is 36.7 Å². The number of hydrogen-bond acceptors (Lipinski definition) is 7. The third-order valence-corrected chi connectivity index (χ3v) is 5.93. The predicted molar refractivity (Wildman–Crippen MR) is 142 cm³/mol. The van der Waals surface area contributed by atoms with Crippen LogP contribution < -0.4 is 31.3 Å². The molecular weight excluding hydrogens is 502 g/mol. The van der Waals surface area contributed by atoms with Gasteiger partial charge in [0.2, 0.25) is 29.9 Å². The Labute approximate surface area is 225 Å². The number of anilines is 1. The topological polar surface area (TPSA) is 166 Å². The number of nitrogens with zero attached hydrogens (tertiary/aromatic N) is 1. The maximum absolute atomic E-state index is 13.2. The van der Waals surface area contributed by atoms with Crippen LogP contribution in [-0.2, 0) is 25.6 Å². The van der Waals surface area contributed by atoms with Crippen molar-refractivity contribution in [3.05, 3.63) is 78.6 Å². The lowest BCUT2D eigenvalue weighted by atomic mass is 10.0. The normalized spacial score (nSPS) is 16.7. The average Bonchev–Trinajstić information content (AvgIpc) is 3.47. The molecule has 0 aliphatic carbocycles. The molecular formula is C27H31N7O5. The van der Waals surface area contributed by atoms with E-state index in [-0.39, 0.29) is 37.1 Å². The molecule has 1 aromatic heterocycles. The second-order valence-electron chi connectivity index (χ2n) is 8.90. The van der Waals surface area contributed by atoms with Crippen molar-refractivity contribution in [3.8, 4) is 5.75 Å². The highest BCUT2D eigenvalue weighted by atomic mass is 16.5. The summed E-state index contributed by atoms with van der Waals surface area (Å²) in [6, 6.07) is 16.4. The maximum atomic E-state index is 13.2. The molecule has 12 heteroatoms. The molecule has 1 aliphatic rings. The summed E-state index contributed by atoms with van der Waals surface area (Å²) in [6.07, 6.45) is 3.23. The van der Waals surface area contributed by atoms with Gasteiger partial charge in [0.25, 0.3) is 5.91 Å². The molecule has 0 spiro atoms. The van der Waals surface area contributed by atoms with Gasteiger partial charge in [-0.05, 0) is 24.1 Å². The number of rotatable bonds is 14. The molecule has 0 saturated carbocycles. The zero-order chi connectivity index (χ0) is 27.5. The summed E-state index contributed by atoms with van der Waals surface area (Å²) < 4.78 is 5.76. The lowest BCUT2D eigenvalue weighted by molar-refractivity contribution is -0.144. The number of aromatic amines is 1. The molecule has 3 aromatic rings. The van der Waals surface area contributed by atoms with Crippen molar-refractivity contribution >= 4 is 29.6 Å². The Morgan fingerprint density at radius 3 is 2.44 bits per heavy atom. The average molecular weight is 534 g/mol. The highest BCUT2D eigenvalue weighted by Crippen LogP contribution is 2.16. The van der Waals surface area contributed by atoms with E-state index < -0.39 is 24.2 Å². The fraction of sp³-hybridized carbons (Fsp3) is 0.296. The van der Waals surface area contributed by atoms with E-state index >= 15 is 0 Å².